The molecule has 0 saturated heterocycles. The number of nitrogens with zero attached hydrogens (tertiary/aromatic N) is 4. The molecule has 3 N–H and O–H groups in total. The average Bonchev–Trinajstić information content (AvgIpc) is 3.39. The van der Waals surface area contributed by atoms with Crippen LogP contribution in [0.25, 0.3) is 21.9 Å². The number of nitrogens with one attached hydrogen (secondary N) is 1. The second-order valence-electron chi connectivity index (χ2n) is 9.11. The van der Waals surface area contributed by atoms with Crippen molar-refractivity contribution >= 4 is 33.6 Å². The van der Waals surface area contributed by atoms with Gasteiger partial charge in [-0.3, -0.25) is 0 Å². The summed E-state index contributed by atoms with van der Waals surface area (Å²) in [5.74, 6) is 2.25. The first-order valence-electron chi connectivity index (χ1n) is 11.3. The smallest absolute Gasteiger partial charge is 0.145 e. The minimum absolute atomic E-state index is 0.378. The van der Waals surface area contributed by atoms with Crippen molar-refractivity contribution in [3.05, 3.63) is 54.5 Å². The highest BCUT2D eigenvalue weighted by Gasteiger charge is 2.27. The molecule has 1 aliphatic carbocycles. The fourth-order valence-electron chi connectivity index (χ4n) is 4.91. The van der Waals surface area contributed by atoms with Crippen LogP contribution in [0.1, 0.15) is 51.1 Å². The van der Waals surface area contributed by atoms with Crippen LogP contribution in [0.15, 0.2) is 48.9 Å². The standard InChI is InChI=1S/C25H30N6/c1-16(2)29-23-10-8-19-7-5-18(14-22(19)30-23)4-3-17-6-9-20(13-17)31-12-11-21-24(26)27-15-28-25(21)31/h5,7-8,10-12,14-17,20H,3-4,6,9,13H2,1-2H3,(H,29,30)(H2,26,27,28). The third kappa shape index (κ3) is 4.07. The summed E-state index contributed by atoms with van der Waals surface area (Å²) in [7, 11) is 0. The maximum atomic E-state index is 6.01. The Bertz CT molecular complexity index is 1210. The van der Waals surface area contributed by atoms with Crippen LogP contribution in [0.4, 0.5) is 11.6 Å². The molecule has 6 nitrogen and oxygen atoms in total. The van der Waals surface area contributed by atoms with Crippen LogP contribution in [-0.2, 0) is 6.42 Å². The van der Waals surface area contributed by atoms with Crippen LogP contribution in [-0.4, -0.2) is 25.6 Å². The van der Waals surface area contributed by atoms with Crippen molar-refractivity contribution in [2.45, 2.75) is 58.0 Å². The highest BCUT2D eigenvalue weighted by molar-refractivity contribution is 5.86. The molecule has 2 atom stereocenters. The quantitative estimate of drug-likeness (QED) is 0.444. The summed E-state index contributed by atoms with van der Waals surface area (Å²) in [6.45, 7) is 4.27. The molecule has 0 radical (unpaired) electrons. The highest BCUT2D eigenvalue weighted by Crippen LogP contribution is 2.39. The molecule has 1 aliphatic rings. The predicted octanol–water partition coefficient (Wildman–Crippen LogP) is 5.36. The van der Waals surface area contributed by atoms with Crippen LogP contribution >= 0.6 is 0 Å². The first-order valence-corrected chi connectivity index (χ1v) is 11.3. The molecule has 0 aliphatic heterocycles. The Morgan fingerprint density at radius 1 is 1.13 bits per heavy atom. The fourth-order valence-corrected chi connectivity index (χ4v) is 4.91. The van der Waals surface area contributed by atoms with Gasteiger partial charge < -0.3 is 15.6 Å². The van der Waals surface area contributed by atoms with Crippen molar-refractivity contribution in [2.24, 2.45) is 5.92 Å². The Balaban J connectivity index is 1.25. The number of anilines is 2. The molecule has 31 heavy (non-hydrogen) atoms. The number of hydrogen-bond donors (Lipinski definition) is 2. The summed E-state index contributed by atoms with van der Waals surface area (Å²) in [4.78, 5) is 13.4. The summed E-state index contributed by atoms with van der Waals surface area (Å²) < 4.78 is 2.30. The molecule has 1 aromatic carbocycles. The number of nitrogens with two attached hydrogens (primary N) is 1. The van der Waals surface area contributed by atoms with Crippen molar-refractivity contribution in [2.75, 3.05) is 11.1 Å². The summed E-state index contributed by atoms with van der Waals surface area (Å²) in [5, 5.41) is 5.55. The minimum atomic E-state index is 0.378. The fraction of sp³-hybridized carbons (Fsp3) is 0.400. The third-order valence-electron chi connectivity index (χ3n) is 6.48. The lowest BCUT2D eigenvalue weighted by atomic mass is 9.97. The van der Waals surface area contributed by atoms with E-state index < -0.39 is 0 Å². The zero-order valence-electron chi connectivity index (χ0n) is 18.3. The van der Waals surface area contributed by atoms with E-state index in [4.69, 9.17) is 10.7 Å². The molecule has 1 saturated carbocycles. The summed E-state index contributed by atoms with van der Waals surface area (Å²) in [6.07, 6.45) is 9.65. The average molecular weight is 415 g/mol. The molecule has 0 spiro atoms. The van der Waals surface area contributed by atoms with Gasteiger partial charge in [-0.15, -0.1) is 0 Å². The maximum absolute atomic E-state index is 6.01. The molecule has 5 rings (SSSR count). The molecule has 1 fully saturated rings. The van der Waals surface area contributed by atoms with Gasteiger partial charge in [0.15, 0.2) is 0 Å². The van der Waals surface area contributed by atoms with Gasteiger partial charge >= 0.3 is 0 Å². The van der Waals surface area contributed by atoms with E-state index in [-0.39, 0.29) is 0 Å². The van der Waals surface area contributed by atoms with Gasteiger partial charge in [0, 0.05) is 23.7 Å². The Kier molecular flexibility index (Phi) is 5.22. The van der Waals surface area contributed by atoms with Gasteiger partial charge in [0.1, 0.15) is 23.6 Å². The number of nitrogen functional groups attached to an aromatic ring is 1. The molecule has 6 heteroatoms. The van der Waals surface area contributed by atoms with Crippen molar-refractivity contribution in [3.63, 3.8) is 0 Å². The molecule has 160 valence electrons. The molecule has 0 bridgehead atoms. The van der Waals surface area contributed by atoms with Crippen LogP contribution < -0.4 is 11.1 Å². The third-order valence-corrected chi connectivity index (χ3v) is 6.48. The van der Waals surface area contributed by atoms with E-state index in [9.17, 15) is 0 Å². The van der Waals surface area contributed by atoms with Gasteiger partial charge in [-0.2, -0.15) is 0 Å². The van der Waals surface area contributed by atoms with E-state index in [1.165, 1.54) is 36.6 Å². The van der Waals surface area contributed by atoms with E-state index >= 15 is 0 Å². The van der Waals surface area contributed by atoms with E-state index in [2.05, 4.69) is 70.2 Å². The van der Waals surface area contributed by atoms with E-state index in [1.54, 1.807) is 6.33 Å². The molecule has 3 aromatic heterocycles. The maximum Gasteiger partial charge on any atom is 0.145 e. The van der Waals surface area contributed by atoms with Crippen LogP contribution in [0.2, 0.25) is 0 Å². The van der Waals surface area contributed by atoms with Gasteiger partial charge in [-0.25, -0.2) is 15.0 Å². The Labute approximate surface area is 182 Å². The number of aryl methyl sites for hydroxylation is 1. The molecule has 2 unspecified atom stereocenters. The van der Waals surface area contributed by atoms with Gasteiger partial charge in [0.05, 0.1) is 10.9 Å². The number of fused-ring (bicyclic) bond motifs is 2. The second kappa shape index (κ2) is 8.17. The lowest BCUT2D eigenvalue weighted by molar-refractivity contribution is 0.461. The van der Waals surface area contributed by atoms with E-state index in [0.717, 1.165) is 34.7 Å². The second-order valence-corrected chi connectivity index (χ2v) is 9.11. The van der Waals surface area contributed by atoms with Crippen molar-refractivity contribution in [1.29, 1.82) is 0 Å². The topological polar surface area (TPSA) is 81.7 Å². The first-order chi connectivity index (χ1) is 15.1. The largest absolute Gasteiger partial charge is 0.383 e. The normalized spacial score (nSPS) is 18.9. The monoisotopic (exact) mass is 414 g/mol. The van der Waals surface area contributed by atoms with Crippen LogP contribution in [0.3, 0.4) is 0 Å². The summed E-state index contributed by atoms with van der Waals surface area (Å²) in [5.41, 5.74) is 9.41. The first kappa shape index (κ1) is 19.8. The molecular formula is C25H30N6. The Morgan fingerprint density at radius 2 is 2.00 bits per heavy atom. The number of aromatic nitrogens is 4. The van der Waals surface area contributed by atoms with Crippen LogP contribution in [0, 0.1) is 5.92 Å². The molecular weight excluding hydrogens is 384 g/mol. The number of benzene rings is 1. The lowest BCUT2D eigenvalue weighted by Gasteiger charge is -2.14. The van der Waals surface area contributed by atoms with E-state index in [0.29, 0.717) is 17.9 Å². The molecule has 0 amide bonds. The number of rotatable bonds is 6. The zero-order valence-corrected chi connectivity index (χ0v) is 18.3. The zero-order chi connectivity index (χ0) is 21.4. The minimum Gasteiger partial charge on any atom is -0.383 e. The number of hydrogen-bond acceptors (Lipinski definition) is 5. The van der Waals surface area contributed by atoms with E-state index in [1.807, 2.05) is 6.07 Å². The van der Waals surface area contributed by atoms with Gasteiger partial charge in [-0.05, 0) is 81.7 Å². The predicted molar refractivity (Wildman–Crippen MR) is 127 cm³/mol. The van der Waals surface area contributed by atoms with Crippen molar-refractivity contribution in [1.82, 2.24) is 19.5 Å². The summed E-state index contributed by atoms with van der Waals surface area (Å²) in [6, 6.07) is 13.8. The molecule has 3 heterocycles. The van der Waals surface area contributed by atoms with Crippen molar-refractivity contribution < 1.29 is 0 Å². The Hall–Kier alpha value is -3.15. The van der Waals surface area contributed by atoms with Crippen LogP contribution in [0.5, 0.6) is 0 Å². The summed E-state index contributed by atoms with van der Waals surface area (Å²) >= 11 is 0. The number of pyridine rings is 1. The molecule has 4 aromatic rings. The SMILES string of the molecule is CC(C)Nc1ccc2ccc(CCC3CCC(n4ccc5c(N)ncnc54)C3)cc2n1. The van der Waals surface area contributed by atoms with Gasteiger partial charge in [0.2, 0.25) is 0 Å². The van der Waals surface area contributed by atoms with Gasteiger partial charge in [-0.1, -0.05) is 12.1 Å². The highest BCUT2D eigenvalue weighted by atomic mass is 15.1. The van der Waals surface area contributed by atoms with Gasteiger partial charge in [0.25, 0.3) is 0 Å². The lowest BCUT2D eigenvalue weighted by Crippen LogP contribution is -2.10. The Morgan fingerprint density at radius 3 is 2.87 bits per heavy atom. The van der Waals surface area contributed by atoms with Crippen molar-refractivity contribution in [3.8, 4) is 0 Å².